The number of carbonyl (C=O) groups excluding carboxylic acids is 1. The summed E-state index contributed by atoms with van der Waals surface area (Å²) >= 11 is 6.15. The van der Waals surface area contributed by atoms with Crippen molar-refractivity contribution in [1.82, 2.24) is 0 Å². The van der Waals surface area contributed by atoms with E-state index in [9.17, 15) is 9.18 Å². The third-order valence-electron chi connectivity index (χ3n) is 4.95. The summed E-state index contributed by atoms with van der Waals surface area (Å²) in [5.74, 6) is 0.197. The minimum absolute atomic E-state index is 0.0694. The number of hydrogen-bond acceptors (Lipinski definition) is 2. The molecule has 0 aromatic heterocycles. The van der Waals surface area contributed by atoms with Gasteiger partial charge in [0.1, 0.15) is 11.6 Å². The summed E-state index contributed by atoms with van der Waals surface area (Å²) in [5.41, 5.74) is 0.867. The summed E-state index contributed by atoms with van der Waals surface area (Å²) in [6.07, 6.45) is 4.59. The van der Waals surface area contributed by atoms with Gasteiger partial charge in [-0.1, -0.05) is 43.0 Å². The van der Waals surface area contributed by atoms with Gasteiger partial charge in [-0.2, -0.15) is 0 Å². The molecule has 2 aromatic rings. The summed E-state index contributed by atoms with van der Waals surface area (Å²) in [7, 11) is 1.55. The second-order valence-electron chi connectivity index (χ2n) is 6.45. The molecule has 1 aliphatic carbocycles. The first-order valence-corrected chi connectivity index (χ1v) is 8.84. The van der Waals surface area contributed by atoms with Gasteiger partial charge in [0.2, 0.25) is 5.91 Å². The summed E-state index contributed by atoms with van der Waals surface area (Å²) in [6, 6.07) is 11.5. The third kappa shape index (κ3) is 3.64. The summed E-state index contributed by atoms with van der Waals surface area (Å²) in [6.45, 7) is 0. The van der Waals surface area contributed by atoms with Crippen molar-refractivity contribution in [2.24, 2.45) is 0 Å². The van der Waals surface area contributed by atoms with E-state index in [-0.39, 0.29) is 11.7 Å². The zero-order valence-electron chi connectivity index (χ0n) is 14.1. The minimum atomic E-state index is -0.627. The van der Waals surface area contributed by atoms with Gasteiger partial charge in [-0.15, -0.1) is 0 Å². The first-order chi connectivity index (χ1) is 12.0. The highest BCUT2D eigenvalue weighted by Gasteiger charge is 2.41. The van der Waals surface area contributed by atoms with Crippen molar-refractivity contribution in [3.05, 3.63) is 58.9 Å². The maximum absolute atomic E-state index is 13.3. The number of halogens is 2. The van der Waals surface area contributed by atoms with Crippen LogP contribution in [0.4, 0.5) is 10.1 Å². The van der Waals surface area contributed by atoms with Gasteiger partial charge in [-0.3, -0.25) is 4.79 Å². The lowest BCUT2D eigenvalue weighted by molar-refractivity contribution is -0.122. The smallest absolute Gasteiger partial charge is 0.235 e. The molecule has 0 radical (unpaired) electrons. The van der Waals surface area contributed by atoms with Crippen LogP contribution in [0.15, 0.2) is 42.5 Å². The summed E-state index contributed by atoms with van der Waals surface area (Å²) in [5, 5.41) is 3.43. The van der Waals surface area contributed by atoms with E-state index in [4.69, 9.17) is 16.3 Å². The molecule has 0 unspecified atom stereocenters. The highest BCUT2D eigenvalue weighted by atomic mass is 35.5. The minimum Gasteiger partial charge on any atom is -0.495 e. The lowest BCUT2D eigenvalue weighted by Crippen LogP contribution is -2.42. The van der Waals surface area contributed by atoms with E-state index in [0.29, 0.717) is 16.5 Å². The second-order valence-corrected chi connectivity index (χ2v) is 6.86. The highest BCUT2D eigenvalue weighted by Crippen LogP contribution is 2.41. The molecule has 1 aliphatic rings. The largest absolute Gasteiger partial charge is 0.495 e. The number of ether oxygens (including phenoxy) is 1. The first-order valence-electron chi connectivity index (χ1n) is 8.46. The number of amides is 1. The average Bonchev–Trinajstić information content (AvgIpc) is 2.63. The number of benzene rings is 2. The maximum atomic E-state index is 13.3. The molecule has 3 nitrogen and oxygen atoms in total. The molecule has 1 fully saturated rings. The topological polar surface area (TPSA) is 38.3 Å². The van der Waals surface area contributed by atoms with Gasteiger partial charge in [-0.25, -0.2) is 4.39 Å². The molecule has 0 saturated heterocycles. The van der Waals surface area contributed by atoms with Gasteiger partial charge in [0.25, 0.3) is 0 Å². The first kappa shape index (κ1) is 17.7. The molecule has 1 saturated carbocycles. The third-order valence-corrected chi connectivity index (χ3v) is 5.24. The Morgan fingerprint density at radius 1 is 1.12 bits per heavy atom. The van der Waals surface area contributed by atoms with Crippen LogP contribution in [-0.4, -0.2) is 13.0 Å². The zero-order chi connectivity index (χ0) is 17.9. The van der Waals surface area contributed by atoms with E-state index in [0.717, 1.165) is 37.7 Å². The Hall–Kier alpha value is -2.07. The molecule has 132 valence electrons. The molecule has 0 atom stereocenters. The fourth-order valence-electron chi connectivity index (χ4n) is 3.57. The number of anilines is 1. The van der Waals surface area contributed by atoms with Crippen LogP contribution in [0.2, 0.25) is 5.02 Å². The Kier molecular flexibility index (Phi) is 5.28. The zero-order valence-corrected chi connectivity index (χ0v) is 14.9. The molecule has 0 aliphatic heterocycles. The molecule has 3 rings (SSSR count). The van der Waals surface area contributed by atoms with E-state index in [1.54, 1.807) is 37.4 Å². The van der Waals surface area contributed by atoms with Crippen LogP contribution >= 0.6 is 11.6 Å². The van der Waals surface area contributed by atoms with Crippen LogP contribution in [0.25, 0.3) is 0 Å². The highest BCUT2D eigenvalue weighted by molar-refractivity contribution is 6.32. The van der Waals surface area contributed by atoms with Crippen molar-refractivity contribution < 1.29 is 13.9 Å². The van der Waals surface area contributed by atoms with Crippen LogP contribution in [0.5, 0.6) is 5.75 Å². The van der Waals surface area contributed by atoms with E-state index < -0.39 is 5.41 Å². The Morgan fingerprint density at radius 3 is 2.40 bits per heavy atom. The molecule has 1 N–H and O–H groups in total. The molecule has 0 bridgehead atoms. The van der Waals surface area contributed by atoms with E-state index in [1.807, 2.05) is 0 Å². The van der Waals surface area contributed by atoms with Gasteiger partial charge in [0.15, 0.2) is 0 Å². The van der Waals surface area contributed by atoms with Crippen molar-refractivity contribution in [2.75, 3.05) is 12.4 Å². The van der Waals surface area contributed by atoms with E-state index >= 15 is 0 Å². The fraction of sp³-hybridized carbons (Fsp3) is 0.350. The lowest BCUT2D eigenvalue weighted by Gasteiger charge is -2.36. The van der Waals surface area contributed by atoms with Gasteiger partial charge in [-0.05, 0) is 48.7 Å². The molecule has 1 amide bonds. The quantitative estimate of drug-likeness (QED) is 0.799. The van der Waals surface area contributed by atoms with Crippen LogP contribution in [0.1, 0.15) is 37.7 Å². The van der Waals surface area contributed by atoms with Crippen molar-refractivity contribution in [2.45, 2.75) is 37.5 Å². The Bertz CT molecular complexity index is 755. The number of rotatable bonds is 4. The fourth-order valence-corrected chi connectivity index (χ4v) is 3.82. The number of hydrogen-bond donors (Lipinski definition) is 1. The molecule has 2 aromatic carbocycles. The molecular formula is C20H21ClFNO2. The van der Waals surface area contributed by atoms with Gasteiger partial charge in [0, 0.05) is 5.69 Å². The standard InChI is InChI=1S/C20H21ClFNO2/c1-25-18-10-9-16(13-17(18)21)23-19(24)20(11-3-2-4-12-20)14-5-7-15(22)8-6-14/h5-10,13H,2-4,11-12H2,1H3,(H,23,24). The van der Waals surface area contributed by atoms with Crippen molar-refractivity contribution in [3.63, 3.8) is 0 Å². The maximum Gasteiger partial charge on any atom is 0.235 e. The van der Waals surface area contributed by atoms with Crippen LogP contribution in [0.3, 0.4) is 0 Å². The molecule has 25 heavy (non-hydrogen) atoms. The predicted molar refractivity (Wildman–Crippen MR) is 97.8 cm³/mol. The van der Waals surface area contributed by atoms with Gasteiger partial charge >= 0.3 is 0 Å². The van der Waals surface area contributed by atoms with Crippen molar-refractivity contribution in [3.8, 4) is 5.75 Å². The number of carbonyl (C=O) groups is 1. The van der Waals surface area contributed by atoms with Crippen LogP contribution in [-0.2, 0) is 10.2 Å². The lowest BCUT2D eigenvalue weighted by atomic mass is 9.68. The predicted octanol–water partition coefficient (Wildman–Crippen LogP) is 5.33. The molecule has 5 heteroatoms. The van der Waals surface area contributed by atoms with Crippen LogP contribution < -0.4 is 10.1 Å². The summed E-state index contributed by atoms with van der Waals surface area (Å²) in [4.78, 5) is 13.2. The van der Waals surface area contributed by atoms with Gasteiger partial charge in [0.05, 0.1) is 17.5 Å². The van der Waals surface area contributed by atoms with E-state index in [2.05, 4.69) is 5.32 Å². The number of methoxy groups -OCH3 is 1. The Morgan fingerprint density at radius 2 is 1.80 bits per heavy atom. The molecule has 0 spiro atoms. The molecule has 0 heterocycles. The Labute approximate surface area is 152 Å². The normalized spacial score (nSPS) is 16.3. The summed E-state index contributed by atoms with van der Waals surface area (Å²) < 4.78 is 18.5. The second kappa shape index (κ2) is 7.44. The number of nitrogens with one attached hydrogen (secondary N) is 1. The van der Waals surface area contributed by atoms with Crippen molar-refractivity contribution in [1.29, 1.82) is 0 Å². The van der Waals surface area contributed by atoms with E-state index in [1.165, 1.54) is 12.1 Å². The van der Waals surface area contributed by atoms with Gasteiger partial charge < -0.3 is 10.1 Å². The Balaban J connectivity index is 1.89. The average molecular weight is 362 g/mol. The SMILES string of the molecule is COc1ccc(NC(=O)C2(c3ccc(F)cc3)CCCCC2)cc1Cl. The van der Waals surface area contributed by atoms with Crippen LogP contribution in [0, 0.1) is 5.82 Å². The van der Waals surface area contributed by atoms with Crippen molar-refractivity contribution >= 4 is 23.2 Å². The monoisotopic (exact) mass is 361 g/mol. The molecular weight excluding hydrogens is 341 g/mol.